The lowest BCUT2D eigenvalue weighted by Gasteiger charge is -2.03. The lowest BCUT2D eigenvalue weighted by molar-refractivity contribution is 0.283. The molecular weight excluding hydrogens is 178 g/mol. The van der Waals surface area contributed by atoms with E-state index in [1.54, 1.807) is 18.6 Å². The van der Waals surface area contributed by atoms with E-state index in [1.165, 1.54) is 0 Å². The molecule has 0 aromatic carbocycles. The van der Waals surface area contributed by atoms with Crippen LogP contribution in [0.4, 0.5) is 5.82 Å². The van der Waals surface area contributed by atoms with Crippen molar-refractivity contribution in [3.8, 4) is 0 Å². The van der Waals surface area contributed by atoms with Gasteiger partial charge in [0, 0.05) is 25.5 Å². The van der Waals surface area contributed by atoms with Crippen LogP contribution < -0.4 is 5.32 Å². The van der Waals surface area contributed by atoms with Crippen LogP contribution in [0.2, 0.25) is 0 Å². The zero-order chi connectivity index (χ0) is 10.1. The Morgan fingerprint density at radius 3 is 2.71 bits per heavy atom. The van der Waals surface area contributed by atoms with Crippen LogP contribution in [0.15, 0.2) is 18.6 Å². The SMILES string of the molecule is OCCCCCCNc1cnccn1. The largest absolute Gasteiger partial charge is 0.396 e. The van der Waals surface area contributed by atoms with Gasteiger partial charge in [0.2, 0.25) is 0 Å². The van der Waals surface area contributed by atoms with Gasteiger partial charge < -0.3 is 10.4 Å². The molecule has 0 saturated heterocycles. The zero-order valence-corrected chi connectivity index (χ0v) is 8.32. The van der Waals surface area contributed by atoms with Crippen LogP contribution in [0.25, 0.3) is 0 Å². The topological polar surface area (TPSA) is 58.0 Å². The van der Waals surface area contributed by atoms with Gasteiger partial charge in [-0.1, -0.05) is 12.8 Å². The molecule has 0 amide bonds. The molecule has 0 unspecified atom stereocenters. The molecule has 0 bridgehead atoms. The second kappa shape index (κ2) is 7.26. The second-order valence-electron chi connectivity index (χ2n) is 3.16. The minimum Gasteiger partial charge on any atom is -0.396 e. The molecule has 2 N–H and O–H groups in total. The Morgan fingerprint density at radius 1 is 1.14 bits per heavy atom. The highest BCUT2D eigenvalue weighted by Crippen LogP contribution is 2.01. The Morgan fingerprint density at radius 2 is 2.00 bits per heavy atom. The first-order valence-electron chi connectivity index (χ1n) is 5.04. The van der Waals surface area contributed by atoms with Crippen molar-refractivity contribution in [1.29, 1.82) is 0 Å². The predicted octanol–water partition coefficient (Wildman–Crippen LogP) is 1.44. The Hall–Kier alpha value is -1.16. The number of nitrogens with zero attached hydrogens (tertiary/aromatic N) is 2. The highest BCUT2D eigenvalue weighted by molar-refractivity contribution is 5.29. The number of aliphatic hydroxyl groups excluding tert-OH is 1. The standard InChI is InChI=1S/C10H17N3O/c14-8-4-2-1-3-5-12-10-9-11-6-7-13-10/h6-7,9,14H,1-5,8H2,(H,12,13). The number of aliphatic hydroxyl groups is 1. The second-order valence-corrected chi connectivity index (χ2v) is 3.16. The lowest BCUT2D eigenvalue weighted by atomic mass is 10.2. The molecule has 0 spiro atoms. The molecule has 1 aromatic rings. The van der Waals surface area contributed by atoms with Gasteiger partial charge in [-0.2, -0.15) is 0 Å². The maximum atomic E-state index is 8.57. The van der Waals surface area contributed by atoms with Crippen molar-refractivity contribution in [2.24, 2.45) is 0 Å². The number of nitrogens with one attached hydrogen (secondary N) is 1. The van der Waals surface area contributed by atoms with E-state index in [9.17, 15) is 0 Å². The first-order valence-corrected chi connectivity index (χ1v) is 5.04. The molecule has 14 heavy (non-hydrogen) atoms. The third-order valence-electron chi connectivity index (χ3n) is 1.95. The van der Waals surface area contributed by atoms with E-state index >= 15 is 0 Å². The van der Waals surface area contributed by atoms with Crippen molar-refractivity contribution in [1.82, 2.24) is 9.97 Å². The summed E-state index contributed by atoms with van der Waals surface area (Å²) in [5, 5.41) is 11.8. The van der Waals surface area contributed by atoms with Gasteiger partial charge in [0.15, 0.2) is 0 Å². The van der Waals surface area contributed by atoms with Crippen molar-refractivity contribution in [2.45, 2.75) is 25.7 Å². The third kappa shape index (κ3) is 4.77. The molecule has 1 rings (SSSR count). The fourth-order valence-corrected chi connectivity index (χ4v) is 1.20. The van der Waals surface area contributed by atoms with Crippen molar-refractivity contribution < 1.29 is 5.11 Å². The van der Waals surface area contributed by atoms with Crippen molar-refractivity contribution in [3.63, 3.8) is 0 Å². The Balaban J connectivity index is 1.99. The summed E-state index contributed by atoms with van der Waals surface area (Å²) in [6.07, 6.45) is 9.31. The first-order chi connectivity index (χ1) is 6.93. The van der Waals surface area contributed by atoms with E-state index in [-0.39, 0.29) is 0 Å². The molecule has 78 valence electrons. The number of rotatable bonds is 7. The van der Waals surface area contributed by atoms with Crippen LogP contribution in [0, 0.1) is 0 Å². The molecule has 4 heteroatoms. The van der Waals surface area contributed by atoms with Crippen LogP contribution in [-0.2, 0) is 0 Å². The summed E-state index contributed by atoms with van der Waals surface area (Å²) in [6.45, 7) is 1.22. The van der Waals surface area contributed by atoms with Crippen LogP contribution in [0.1, 0.15) is 25.7 Å². The van der Waals surface area contributed by atoms with Gasteiger partial charge in [-0.25, -0.2) is 4.98 Å². The molecule has 4 nitrogen and oxygen atoms in total. The van der Waals surface area contributed by atoms with Gasteiger partial charge in [-0.3, -0.25) is 4.98 Å². The van der Waals surface area contributed by atoms with Gasteiger partial charge in [0.25, 0.3) is 0 Å². The zero-order valence-electron chi connectivity index (χ0n) is 8.32. The molecule has 0 aliphatic carbocycles. The molecular formula is C10H17N3O. The van der Waals surface area contributed by atoms with Crippen LogP contribution in [0.3, 0.4) is 0 Å². The van der Waals surface area contributed by atoms with Crippen LogP contribution in [-0.4, -0.2) is 28.2 Å². The smallest absolute Gasteiger partial charge is 0.144 e. The minimum absolute atomic E-state index is 0.303. The van der Waals surface area contributed by atoms with E-state index in [2.05, 4.69) is 15.3 Å². The fraction of sp³-hybridized carbons (Fsp3) is 0.600. The minimum atomic E-state index is 0.303. The average Bonchev–Trinajstić information content (AvgIpc) is 2.25. The molecule has 0 aliphatic heterocycles. The maximum absolute atomic E-state index is 8.57. The van der Waals surface area contributed by atoms with Crippen molar-refractivity contribution in [3.05, 3.63) is 18.6 Å². The third-order valence-corrected chi connectivity index (χ3v) is 1.95. The number of aromatic nitrogens is 2. The molecule has 0 atom stereocenters. The summed E-state index contributed by atoms with van der Waals surface area (Å²) in [7, 11) is 0. The quantitative estimate of drug-likeness (QED) is 0.646. The van der Waals surface area contributed by atoms with E-state index in [1.807, 2.05) is 0 Å². The van der Waals surface area contributed by atoms with Crippen molar-refractivity contribution >= 4 is 5.82 Å². The predicted molar refractivity (Wildman–Crippen MR) is 56.1 cm³/mol. The monoisotopic (exact) mass is 195 g/mol. The van der Waals surface area contributed by atoms with Crippen LogP contribution in [0.5, 0.6) is 0 Å². The Labute approximate surface area is 84.4 Å². The van der Waals surface area contributed by atoms with Crippen LogP contribution >= 0.6 is 0 Å². The molecule has 0 aliphatic rings. The van der Waals surface area contributed by atoms with E-state index in [4.69, 9.17) is 5.11 Å². The molecule has 1 aromatic heterocycles. The number of unbranched alkanes of at least 4 members (excludes halogenated alkanes) is 3. The van der Waals surface area contributed by atoms with Gasteiger partial charge in [-0.05, 0) is 12.8 Å². The van der Waals surface area contributed by atoms with E-state index in [0.717, 1.165) is 38.0 Å². The van der Waals surface area contributed by atoms with Gasteiger partial charge in [-0.15, -0.1) is 0 Å². The summed E-state index contributed by atoms with van der Waals surface area (Å²) in [5.41, 5.74) is 0. The van der Waals surface area contributed by atoms with E-state index < -0.39 is 0 Å². The number of hydrogen-bond donors (Lipinski definition) is 2. The highest BCUT2D eigenvalue weighted by atomic mass is 16.2. The Bertz CT molecular complexity index is 228. The summed E-state index contributed by atoms with van der Waals surface area (Å²) < 4.78 is 0. The molecule has 0 radical (unpaired) electrons. The van der Waals surface area contributed by atoms with Gasteiger partial charge >= 0.3 is 0 Å². The van der Waals surface area contributed by atoms with Crippen molar-refractivity contribution in [2.75, 3.05) is 18.5 Å². The molecule has 0 saturated carbocycles. The molecule has 0 fully saturated rings. The van der Waals surface area contributed by atoms with E-state index in [0.29, 0.717) is 6.61 Å². The summed E-state index contributed by atoms with van der Waals surface area (Å²) >= 11 is 0. The number of anilines is 1. The fourth-order valence-electron chi connectivity index (χ4n) is 1.20. The summed E-state index contributed by atoms with van der Waals surface area (Å²) in [4.78, 5) is 8.05. The Kier molecular flexibility index (Phi) is 5.66. The van der Waals surface area contributed by atoms with Gasteiger partial charge in [0.1, 0.15) is 5.82 Å². The maximum Gasteiger partial charge on any atom is 0.144 e. The average molecular weight is 195 g/mol. The van der Waals surface area contributed by atoms with Gasteiger partial charge in [0.05, 0.1) is 6.20 Å². The first kappa shape index (κ1) is 10.9. The highest BCUT2D eigenvalue weighted by Gasteiger charge is 1.91. The summed E-state index contributed by atoms with van der Waals surface area (Å²) in [6, 6.07) is 0. The molecule has 1 heterocycles. The lowest BCUT2D eigenvalue weighted by Crippen LogP contribution is -2.03. The number of hydrogen-bond acceptors (Lipinski definition) is 4. The summed E-state index contributed by atoms with van der Waals surface area (Å²) in [5.74, 6) is 0.828. The normalized spacial score (nSPS) is 10.1.